The molecule has 1 aliphatic heterocycles. The van der Waals surface area contributed by atoms with E-state index in [2.05, 4.69) is 24.1 Å². The number of amides is 1. The van der Waals surface area contributed by atoms with Crippen molar-refractivity contribution in [1.82, 2.24) is 14.3 Å². The lowest BCUT2D eigenvalue weighted by atomic mass is 9.99. The molecule has 2 aromatic rings. The van der Waals surface area contributed by atoms with Crippen LogP contribution in [0.5, 0.6) is 0 Å². The second kappa shape index (κ2) is 13.2. The van der Waals surface area contributed by atoms with E-state index < -0.39 is 0 Å². The molecule has 3 rings (SSSR count). The van der Waals surface area contributed by atoms with Gasteiger partial charge in [0.25, 0.3) is 11.5 Å². The third-order valence-corrected chi connectivity index (χ3v) is 7.37. The highest BCUT2D eigenvalue weighted by atomic mass is 32.2. The van der Waals surface area contributed by atoms with Gasteiger partial charge in [0, 0.05) is 19.3 Å². The van der Waals surface area contributed by atoms with Crippen LogP contribution < -0.4 is 10.9 Å². The highest BCUT2D eigenvalue weighted by molar-refractivity contribution is 8.26. The van der Waals surface area contributed by atoms with Crippen molar-refractivity contribution in [1.29, 1.82) is 0 Å². The summed E-state index contributed by atoms with van der Waals surface area (Å²) in [4.78, 5) is 33.5. The predicted molar refractivity (Wildman–Crippen MR) is 146 cm³/mol. The molecule has 1 aliphatic rings. The third-order valence-electron chi connectivity index (χ3n) is 5.99. The van der Waals surface area contributed by atoms with Gasteiger partial charge in [-0.05, 0) is 37.0 Å². The van der Waals surface area contributed by atoms with Crippen LogP contribution in [0.3, 0.4) is 0 Å². The summed E-state index contributed by atoms with van der Waals surface area (Å²) < 4.78 is 7.33. The van der Waals surface area contributed by atoms with Crippen molar-refractivity contribution in [3.8, 4) is 0 Å². The number of aliphatic hydroxyl groups excluding tert-OH is 1. The zero-order valence-corrected chi connectivity index (χ0v) is 22.2. The Morgan fingerprint density at radius 1 is 1.31 bits per heavy atom. The first kappa shape index (κ1) is 27.3. The molecule has 1 amide bonds. The lowest BCUT2D eigenvalue weighted by Gasteiger charge is -2.21. The maximum atomic E-state index is 13.4. The van der Waals surface area contributed by atoms with Crippen LogP contribution in [0.25, 0.3) is 11.7 Å². The number of thioether (sulfide) groups is 1. The number of unbranched alkanes of at least 4 members (excludes halogenated alkanes) is 1. The number of fused-ring (bicyclic) bond motifs is 1. The fourth-order valence-electron chi connectivity index (χ4n) is 3.95. The number of carbonyl (C=O) groups excluding carboxylic acids is 1. The number of pyridine rings is 1. The van der Waals surface area contributed by atoms with Gasteiger partial charge in [0.05, 0.1) is 30.3 Å². The Morgan fingerprint density at radius 3 is 2.83 bits per heavy atom. The van der Waals surface area contributed by atoms with E-state index in [1.54, 1.807) is 23.2 Å². The largest absolute Gasteiger partial charge is 0.394 e. The summed E-state index contributed by atoms with van der Waals surface area (Å²) in [5, 5.41) is 12.1. The predicted octanol–water partition coefficient (Wildman–Crippen LogP) is 3.84. The number of rotatable bonds is 13. The van der Waals surface area contributed by atoms with E-state index in [0.717, 1.165) is 31.2 Å². The molecule has 1 saturated heterocycles. The minimum atomic E-state index is -0.267. The summed E-state index contributed by atoms with van der Waals surface area (Å²) in [7, 11) is 0. The van der Waals surface area contributed by atoms with Crippen molar-refractivity contribution in [2.45, 2.75) is 46.5 Å². The van der Waals surface area contributed by atoms with Crippen molar-refractivity contribution in [3.63, 3.8) is 0 Å². The molecule has 8 nitrogen and oxygen atoms in total. The topological polar surface area (TPSA) is 96.2 Å². The first-order chi connectivity index (χ1) is 16.9. The second-order valence-electron chi connectivity index (χ2n) is 8.54. The Bertz CT molecular complexity index is 1150. The third kappa shape index (κ3) is 6.69. The van der Waals surface area contributed by atoms with Crippen LogP contribution in [0.15, 0.2) is 28.0 Å². The van der Waals surface area contributed by atoms with Gasteiger partial charge in [0.15, 0.2) is 0 Å². The van der Waals surface area contributed by atoms with E-state index in [-0.39, 0.29) is 24.7 Å². The van der Waals surface area contributed by atoms with Crippen molar-refractivity contribution in [2.24, 2.45) is 5.92 Å². The number of hydrogen-bond acceptors (Lipinski definition) is 8. The Labute approximate surface area is 215 Å². The lowest BCUT2D eigenvalue weighted by Crippen LogP contribution is -2.33. The molecule has 0 aliphatic carbocycles. The molecule has 2 aromatic heterocycles. The summed E-state index contributed by atoms with van der Waals surface area (Å²) >= 11 is 6.76. The normalized spacial score (nSPS) is 16.0. The number of hydrogen-bond donors (Lipinski definition) is 2. The summed E-state index contributed by atoms with van der Waals surface area (Å²) in [5.74, 6) is 0.612. The first-order valence-corrected chi connectivity index (χ1v) is 13.3. The number of aromatic nitrogens is 2. The Kier molecular flexibility index (Phi) is 10.3. The fraction of sp³-hybridized carbons (Fsp3) is 0.520. The molecule has 0 aromatic carbocycles. The smallest absolute Gasteiger partial charge is 0.267 e. The standard InChI is InChI=1S/C25H34N4O4S2/c1-4-6-9-18(5-2)16-29-24(32)20(35-25(29)34)15-19-21(26-10-13-33-14-12-30)27-22-17(3)8-7-11-28(22)23(19)31/h7-8,11,15,18,26,30H,4-6,9-10,12-14,16H2,1-3H3. The molecule has 190 valence electrons. The second-order valence-corrected chi connectivity index (χ2v) is 10.2. The van der Waals surface area contributed by atoms with Crippen LogP contribution in [0.2, 0.25) is 0 Å². The van der Waals surface area contributed by atoms with E-state index >= 15 is 0 Å². The first-order valence-electron chi connectivity index (χ1n) is 12.1. The lowest BCUT2D eigenvalue weighted by molar-refractivity contribution is -0.122. The molecule has 0 spiro atoms. The van der Waals surface area contributed by atoms with Gasteiger partial charge in [-0.15, -0.1) is 0 Å². The van der Waals surface area contributed by atoms with Crippen LogP contribution in [-0.4, -0.2) is 62.5 Å². The van der Waals surface area contributed by atoms with Crippen LogP contribution in [0.4, 0.5) is 5.82 Å². The van der Waals surface area contributed by atoms with E-state index in [9.17, 15) is 9.59 Å². The van der Waals surface area contributed by atoms with E-state index in [1.165, 1.54) is 16.2 Å². The fourth-order valence-corrected chi connectivity index (χ4v) is 5.21. The van der Waals surface area contributed by atoms with Crippen LogP contribution in [0, 0.1) is 12.8 Å². The molecule has 0 saturated carbocycles. The van der Waals surface area contributed by atoms with Gasteiger partial charge in [0.2, 0.25) is 0 Å². The summed E-state index contributed by atoms with van der Waals surface area (Å²) in [6.45, 7) is 7.71. The summed E-state index contributed by atoms with van der Waals surface area (Å²) in [5.41, 5.74) is 1.44. The molecule has 35 heavy (non-hydrogen) atoms. The van der Waals surface area contributed by atoms with Crippen LogP contribution in [-0.2, 0) is 9.53 Å². The number of aryl methyl sites for hydroxylation is 1. The van der Waals surface area contributed by atoms with Gasteiger partial charge < -0.3 is 15.2 Å². The van der Waals surface area contributed by atoms with Gasteiger partial charge in [-0.2, -0.15) is 0 Å². The SMILES string of the molecule is CCCCC(CC)CN1C(=O)C(=Cc2c(NCCOCCO)nc3c(C)cccn3c2=O)SC1=S. The zero-order chi connectivity index (χ0) is 25.4. The molecule has 1 atom stereocenters. The van der Waals surface area contributed by atoms with Crippen molar-refractivity contribution < 1.29 is 14.6 Å². The molecule has 10 heteroatoms. The Balaban J connectivity index is 1.93. The van der Waals surface area contributed by atoms with Crippen LogP contribution in [0.1, 0.15) is 50.7 Å². The minimum absolute atomic E-state index is 0.0564. The zero-order valence-electron chi connectivity index (χ0n) is 20.6. The molecule has 0 radical (unpaired) electrons. The number of carbonyl (C=O) groups is 1. The molecule has 3 heterocycles. The van der Waals surface area contributed by atoms with Gasteiger partial charge >= 0.3 is 0 Å². The van der Waals surface area contributed by atoms with Crippen molar-refractivity contribution in [2.75, 3.05) is 38.2 Å². The highest BCUT2D eigenvalue weighted by Gasteiger charge is 2.33. The number of nitrogens with zero attached hydrogens (tertiary/aromatic N) is 3. The molecular formula is C25H34N4O4S2. The molecule has 2 N–H and O–H groups in total. The number of ether oxygens (including phenoxy) is 1. The van der Waals surface area contributed by atoms with Gasteiger partial charge in [0.1, 0.15) is 15.8 Å². The number of thiocarbonyl (C=S) groups is 1. The van der Waals surface area contributed by atoms with Gasteiger partial charge in [-0.3, -0.25) is 18.9 Å². The van der Waals surface area contributed by atoms with Gasteiger partial charge in [-0.1, -0.05) is 63.2 Å². The number of anilines is 1. The molecule has 1 fully saturated rings. The van der Waals surface area contributed by atoms with E-state index in [1.807, 2.05) is 13.0 Å². The molecule has 1 unspecified atom stereocenters. The Hall–Kier alpha value is -2.27. The highest BCUT2D eigenvalue weighted by Crippen LogP contribution is 2.34. The monoisotopic (exact) mass is 518 g/mol. The quantitative estimate of drug-likeness (QED) is 0.235. The van der Waals surface area contributed by atoms with E-state index in [0.29, 0.717) is 51.9 Å². The number of nitrogens with one attached hydrogen (secondary N) is 1. The Morgan fingerprint density at radius 2 is 2.11 bits per heavy atom. The number of aliphatic hydroxyl groups is 1. The molecule has 0 bridgehead atoms. The summed E-state index contributed by atoms with van der Waals surface area (Å²) in [6.07, 6.45) is 7.57. The average Bonchev–Trinajstić information content (AvgIpc) is 3.11. The molecular weight excluding hydrogens is 484 g/mol. The summed E-state index contributed by atoms with van der Waals surface area (Å²) in [6, 6.07) is 3.69. The van der Waals surface area contributed by atoms with Crippen molar-refractivity contribution in [3.05, 3.63) is 44.7 Å². The maximum absolute atomic E-state index is 13.4. The van der Waals surface area contributed by atoms with Crippen molar-refractivity contribution >= 4 is 51.7 Å². The average molecular weight is 519 g/mol. The van der Waals surface area contributed by atoms with Crippen LogP contribution >= 0.6 is 24.0 Å². The maximum Gasteiger partial charge on any atom is 0.267 e. The van der Waals surface area contributed by atoms with Gasteiger partial charge in [-0.25, -0.2) is 4.98 Å². The van der Waals surface area contributed by atoms with E-state index in [4.69, 9.17) is 22.1 Å². The minimum Gasteiger partial charge on any atom is -0.394 e.